The van der Waals surface area contributed by atoms with Gasteiger partial charge >= 0.3 is 0 Å². The van der Waals surface area contributed by atoms with E-state index < -0.39 is 0 Å². The Bertz CT molecular complexity index is 680. The van der Waals surface area contributed by atoms with Gasteiger partial charge in [0.15, 0.2) is 0 Å². The second-order valence-electron chi connectivity index (χ2n) is 6.58. The van der Waals surface area contributed by atoms with E-state index in [1.807, 2.05) is 10.7 Å². The van der Waals surface area contributed by atoms with Gasteiger partial charge in [-0.3, -0.25) is 0 Å². The molecule has 0 saturated heterocycles. The third kappa shape index (κ3) is 4.29. The molecule has 1 aromatic carbocycles. The highest BCUT2D eigenvalue weighted by Gasteiger charge is 2.19. The predicted octanol–water partition coefficient (Wildman–Crippen LogP) is 5.40. The van der Waals surface area contributed by atoms with Gasteiger partial charge in [-0.2, -0.15) is 5.10 Å². The normalized spacial score (nSPS) is 15.1. The van der Waals surface area contributed by atoms with Crippen LogP contribution in [0.2, 0.25) is 5.02 Å². The van der Waals surface area contributed by atoms with E-state index in [1.54, 1.807) is 6.07 Å². The molecular weight excluding hydrogens is 327 g/mol. The molecule has 0 atom stereocenters. The molecule has 3 rings (SSSR count). The van der Waals surface area contributed by atoms with Crippen LogP contribution in [0.5, 0.6) is 5.88 Å². The summed E-state index contributed by atoms with van der Waals surface area (Å²) < 4.78 is 21.3. The Kier molecular flexibility index (Phi) is 5.77. The first kappa shape index (κ1) is 17.3. The van der Waals surface area contributed by atoms with E-state index in [-0.39, 0.29) is 12.4 Å². The fourth-order valence-electron chi connectivity index (χ4n) is 3.32. The van der Waals surface area contributed by atoms with Crippen molar-refractivity contribution in [1.29, 1.82) is 0 Å². The largest absolute Gasteiger partial charge is 0.473 e. The van der Waals surface area contributed by atoms with Gasteiger partial charge in [-0.1, -0.05) is 37.8 Å². The van der Waals surface area contributed by atoms with Crippen molar-refractivity contribution in [2.45, 2.75) is 58.6 Å². The lowest BCUT2D eigenvalue weighted by molar-refractivity contribution is 0.261. The van der Waals surface area contributed by atoms with E-state index in [9.17, 15) is 4.39 Å². The average Bonchev–Trinajstić information content (AvgIpc) is 3.19. The van der Waals surface area contributed by atoms with Crippen LogP contribution in [0.15, 0.2) is 24.3 Å². The highest BCUT2D eigenvalue weighted by molar-refractivity contribution is 6.31. The first-order valence-corrected chi connectivity index (χ1v) is 9.17. The van der Waals surface area contributed by atoms with Gasteiger partial charge in [-0.15, -0.1) is 0 Å². The van der Waals surface area contributed by atoms with Gasteiger partial charge in [0.2, 0.25) is 5.88 Å². The van der Waals surface area contributed by atoms with Crippen molar-refractivity contribution in [3.05, 3.63) is 46.4 Å². The Morgan fingerprint density at radius 3 is 2.83 bits per heavy atom. The Balaban J connectivity index is 1.73. The van der Waals surface area contributed by atoms with Gasteiger partial charge in [0.05, 0.1) is 5.69 Å². The Labute approximate surface area is 147 Å². The van der Waals surface area contributed by atoms with Crippen molar-refractivity contribution in [2.75, 3.05) is 0 Å². The summed E-state index contributed by atoms with van der Waals surface area (Å²) in [6.45, 7) is 3.29. The Morgan fingerprint density at radius 1 is 1.29 bits per heavy atom. The maximum atomic E-state index is 13.4. The summed E-state index contributed by atoms with van der Waals surface area (Å²) in [5, 5.41) is 5.22. The molecule has 1 aliphatic rings. The van der Waals surface area contributed by atoms with E-state index in [1.165, 1.54) is 37.8 Å². The second kappa shape index (κ2) is 8.02. The van der Waals surface area contributed by atoms with Crippen LogP contribution in [0.25, 0.3) is 0 Å². The summed E-state index contributed by atoms with van der Waals surface area (Å²) in [7, 11) is 0. The Morgan fingerprint density at radius 2 is 2.08 bits per heavy atom. The molecule has 1 heterocycles. The number of aromatic nitrogens is 2. The minimum Gasteiger partial charge on any atom is -0.473 e. The van der Waals surface area contributed by atoms with Crippen molar-refractivity contribution < 1.29 is 9.13 Å². The number of ether oxygens (including phenoxy) is 1. The smallest absolute Gasteiger partial charge is 0.212 e. The quantitative estimate of drug-likeness (QED) is 0.668. The van der Waals surface area contributed by atoms with Crippen molar-refractivity contribution in [3.8, 4) is 5.88 Å². The van der Waals surface area contributed by atoms with Gasteiger partial charge in [0.25, 0.3) is 0 Å². The zero-order valence-corrected chi connectivity index (χ0v) is 14.9. The predicted molar refractivity (Wildman–Crippen MR) is 93.9 cm³/mol. The van der Waals surface area contributed by atoms with Gasteiger partial charge < -0.3 is 4.74 Å². The number of rotatable bonds is 7. The maximum Gasteiger partial charge on any atom is 0.212 e. The number of nitrogens with zero attached hydrogens (tertiary/aromatic N) is 2. The van der Waals surface area contributed by atoms with Gasteiger partial charge in [-0.05, 0) is 43.4 Å². The topological polar surface area (TPSA) is 27.1 Å². The highest BCUT2D eigenvalue weighted by Crippen LogP contribution is 2.28. The van der Waals surface area contributed by atoms with Crippen LogP contribution >= 0.6 is 11.6 Å². The summed E-state index contributed by atoms with van der Waals surface area (Å²) in [5.74, 6) is 1.13. The average molecular weight is 351 g/mol. The van der Waals surface area contributed by atoms with E-state index in [2.05, 4.69) is 6.92 Å². The molecule has 0 amide bonds. The summed E-state index contributed by atoms with van der Waals surface area (Å²) in [6.07, 6.45) is 7.13. The third-order valence-electron chi connectivity index (χ3n) is 4.59. The lowest BCUT2D eigenvalue weighted by Crippen LogP contribution is -2.11. The van der Waals surface area contributed by atoms with Crippen molar-refractivity contribution >= 4 is 11.6 Å². The highest BCUT2D eigenvalue weighted by atomic mass is 35.5. The minimum atomic E-state index is -0.302. The molecule has 2 aromatic rings. The Hall–Kier alpha value is -1.55. The van der Waals surface area contributed by atoms with Gasteiger partial charge in [-0.25, -0.2) is 9.07 Å². The number of aryl methyl sites for hydroxylation is 1. The van der Waals surface area contributed by atoms with E-state index in [0.717, 1.165) is 31.0 Å². The van der Waals surface area contributed by atoms with E-state index in [4.69, 9.17) is 21.4 Å². The van der Waals surface area contributed by atoms with Crippen LogP contribution in [0.3, 0.4) is 0 Å². The summed E-state index contributed by atoms with van der Waals surface area (Å²) in [6, 6.07) is 6.35. The maximum absolute atomic E-state index is 13.4. The zero-order valence-electron chi connectivity index (χ0n) is 14.1. The fourth-order valence-corrected chi connectivity index (χ4v) is 3.49. The summed E-state index contributed by atoms with van der Waals surface area (Å²) >= 11 is 6.13. The van der Waals surface area contributed by atoms with Crippen LogP contribution in [-0.4, -0.2) is 9.78 Å². The van der Waals surface area contributed by atoms with Crippen molar-refractivity contribution in [2.24, 2.45) is 5.92 Å². The molecule has 1 aliphatic carbocycles. The molecular formula is C19H24ClFN2O. The fraction of sp³-hybridized carbons (Fsp3) is 0.526. The van der Waals surface area contributed by atoms with Crippen LogP contribution in [0, 0.1) is 11.7 Å². The van der Waals surface area contributed by atoms with Crippen molar-refractivity contribution in [3.63, 3.8) is 0 Å². The van der Waals surface area contributed by atoms with Crippen LogP contribution in [0.1, 0.15) is 50.3 Å². The summed E-state index contributed by atoms with van der Waals surface area (Å²) in [4.78, 5) is 0. The molecule has 1 fully saturated rings. The zero-order chi connectivity index (χ0) is 16.9. The lowest BCUT2D eigenvalue weighted by Gasteiger charge is -2.13. The number of halogens is 2. The summed E-state index contributed by atoms with van der Waals surface area (Å²) in [5.41, 5.74) is 1.71. The minimum absolute atomic E-state index is 0.249. The second-order valence-corrected chi connectivity index (χ2v) is 6.99. The molecule has 130 valence electrons. The first-order valence-electron chi connectivity index (χ1n) is 8.79. The van der Waals surface area contributed by atoms with Crippen molar-refractivity contribution in [1.82, 2.24) is 9.78 Å². The molecule has 24 heavy (non-hydrogen) atoms. The van der Waals surface area contributed by atoms with Gasteiger partial charge in [0.1, 0.15) is 12.4 Å². The SMILES string of the molecule is CCCc1cc(OCc2cc(F)ccc2Cl)n(CC2CCCC2)n1. The molecule has 0 spiro atoms. The standard InChI is InChI=1S/C19H24ClFN2O/c1-2-5-17-11-19(23(22-17)12-14-6-3-4-7-14)24-13-15-10-16(21)8-9-18(15)20/h8-11,14H,2-7,12-13H2,1H3. The molecule has 1 saturated carbocycles. The van der Waals surface area contributed by atoms with Crippen LogP contribution in [-0.2, 0) is 19.6 Å². The molecule has 0 N–H and O–H groups in total. The molecule has 0 radical (unpaired) electrons. The van der Waals surface area contributed by atoms with Crippen LogP contribution < -0.4 is 4.74 Å². The molecule has 0 bridgehead atoms. The molecule has 0 unspecified atom stereocenters. The number of hydrogen-bond acceptors (Lipinski definition) is 2. The van der Waals surface area contributed by atoms with Gasteiger partial charge in [0, 0.05) is 23.2 Å². The molecule has 0 aliphatic heterocycles. The lowest BCUT2D eigenvalue weighted by atomic mass is 10.1. The monoisotopic (exact) mass is 350 g/mol. The first-order chi connectivity index (χ1) is 11.7. The molecule has 5 heteroatoms. The van der Waals surface area contributed by atoms with Crippen LogP contribution in [0.4, 0.5) is 4.39 Å². The molecule has 1 aromatic heterocycles. The third-order valence-corrected chi connectivity index (χ3v) is 4.96. The number of benzene rings is 1. The van der Waals surface area contributed by atoms with E-state index >= 15 is 0 Å². The van der Waals surface area contributed by atoms with E-state index in [0.29, 0.717) is 16.5 Å². The molecule has 3 nitrogen and oxygen atoms in total. The number of hydrogen-bond donors (Lipinski definition) is 0.